The zero-order valence-electron chi connectivity index (χ0n) is 22.9. The number of ether oxygens (including phenoxy) is 2. The number of H-pyrrole nitrogens is 1. The minimum absolute atomic E-state index is 0.0643. The Balaban J connectivity index is 1.28. The van der Waals surface area contributed by atoms with E-state index in [-0.39, 0.29) is 57.4 Å². The Labute approximate surface area is 241 Å². The van der Waals surface area contributed by atoms with Gasteiger partial charge in [-0.05, 0) is 66.8 Å². The van der Waals surface area contributed by atoms with Crippen molar-refractivity contribution in [1.29, 1.82) is 0 Å². The number of carbonyl (C=O) groups excluding carboxylic acids is 2. The molecule has 1 N–H and O–H groups in total. The van der Waals surface area contributed by atoms with E-state index in [1.807, 2.05) is 43.3 Å². The topological polar surface area (TPSA) is 88.7 Å². The summed E-state index contributed by atoms with van der Waals surface area (Å²) in [6.07, 6.45) is 0.860. The van der Waals surface area contributed by atoms with Crippen molar-refractivity contribution in [3.63, 3.8) is 0 Å². The lowest BCUT2D eigenvalue weighted by Gasteiger charge is -2.43. The lowest BCUT2D eigenvalue weighted by atomic mass is 9.68. The van der Waals surface area contributed by atoms with Crippen molar-refractivity contribution in [1.82, 2.24) is 4.98 Å². The third kappa shape index (κ3) is 3.80. The zero-order valence-corrected chi connectivity index (χ0v) is 24.5. The van der Waals surface area contributed by atoms with Crippen molar-refractivity contribution in [2.75, 3.05) is 18.6 Å². The second-order valence-corrected chi connectivity index (χ2v) is 14.1. The van der Waals surface area contributed by atoms with Crippen molar-refractivity contribution >= 4 is 40.6 Å². The molecule has 7 atom stereocenters. The van der Waals surface area contributed by atoms with E-state index >= 15 is 0 Å². The van der Waals surface area contributed by atoms with Crippen LogP contribution in [0.25, 0.3) is 0 Å². The average Bonchev–Trinajstić information content (AvgIpc) is 3.67. The lowest BCUT2D eigenvalue weighted by molar-refractivity contribution is -0.123. The number of thioether (sulfide) groups is 1. The number of carbonyl (C=O) groups is 2. The van der Waals surface area contributed by atoms with Crippen molar-refractivity contribution in [3.8, 4) is 11.5 Å². The van der Waals surface area contributed by atoms with Gasteiger partial charge in [-0.1, -0.05) is 48.9 Å². The summed E-state index contributed by atoms with van der Waals surface area (Å²) in [7, 11) is 1.64. The van der Waals surface area contributed by atoms with E-state index in [9.17, 15) is 14.4 Å². The van der Waals surface area contributed by atoms with Crippen LogP contribution in [0, 0.1) is 42.4 Å². The van der Waals surface area contributed by atoms with Gasteiger partial charge >= 0.3 is 4.87 Å². The number of thiazole rings is 1. The smallest absolute Gasteiger partial charge is 0.305 e. The number of benzene rings is 2. The first-order valence-corrected chi connectivity index (χ1v) is 15.6. The molecule has 3 aromatic rings. The molecule has 5 unspecified atom stereocenters. The molecule has 2 bridgehead atoms. The van der Waals surface area contributed by atoms with Crippen LogP contribution in [0.15, 0.2) is 52.3 Å². The highest BCUT2D eigenvalue weighted by Crippen LogP contribution is 2.68. The molecule has 3 heterocycles. The van der Waals surface area contributed by atoms with Crippen LogP contribution < -0.4 is 19.2 Å². The minimum atomic E-state index is -0.323. The van der Waals surface area contributed by atoms with Crippen LogP contribution in [0.2, 0.25) is 0 Å². The van der Waals surface area contributed by atoms with Crippen molar-refractivity contribution < 1.29 is 19.1 Å². The number of nitrogens with zero attached hydrogens (tertiary/aromatic N) is 1. The molecule has 2 saturated carbocycles. The summed E-state index contributed by atoms with van der Waals surface area (Å²) in [6.45, 7) is 6.79. The molecule has 2 aliphatic heterocycles. The van der Waals surface area contributed by atoms with Crippen LogP contribution >= 0.6 is 23.1 Å². The average molecular weight is 577 g/mol. The number of rotatable bonds is 6. The Kier molecular flexibility index (Phi) is 6.16. The normalized spacial score (nSPS) is 30.0. The number of aromatic amines is 1. The van der Waals surface area contributed by atoms with Gasteiger partial charge in [0.1, 0.15) is 0 Å². The van der Waals surface area contributed by atoms with Crippen LogP contribution in [-0.4, -0.2) is 35.8 Å². The summed E-state index contributed by atoms with van der Waals surface area (Å²) >= 11 is 2.96. The van der Waals surface area contributed by atoms with Gasteiger partial charge in [-0.15, -0.1) is 11.8 Å². The van der Waals surface area contributed by atoms with E-state index in [1.54, 1.807) is 18.9 Å². The number of fused-ring (bicyclic) bond motifs is 9. The van der Waals surface area contributed by atoms with Crippen LogP contribution in [0.3, 0.4) is 0 Å². The van der Waals surface area contributed by atoms with Gasteiger partial charge in [-0.3, -0.25) is 19.3 Å². The van der Waals surface area contributed by atoms with E-state index in [0.717, 1.165) is 27.5 Å². The summed E-state index contributed by atoms with van der Waals surface area (Å²) in [5, 5.41) is 1.04. The molecular weight excluding hydrogens is 544 g/mol. The van der Waals surface area contributed by atoms with Gasteiger partial charge < -0.3 is 14.5 Å². The third-order valence-electron chi connectivity index (χ3n) is 9.14. The molecule has 3 fully saturated rings. The maximum atomic E-state index is 13.9. The maximum absolute atomic E-state index is 13.9. The highest BCUT2D eigenvalue weighted by atomic mass is 32.2. The number of nitrogens with one attached hydrogen (secondary N) is 1. The Hall–Kier alpha value is -3.04. The molecule has 1 aromatic heterocycles. The molecule has 0 radical (unpaired) electrons. The molecule has 1 saturated heterocycles. The minimum Gasteiger partial charge on any atom is -0.493 e. The van der Waals surface area contributed by atoms with Gasteiger partial charge in [0.25, 0.3) is 0 Å². The summed E-state index contributed by atoms with van der Waals surface area (Å²) < 4.78 is 11.8. The fourth-order valence-electron chi connectivity index (χ4n) is 7.59. The Morgan fingerprint density at radius 2 is 1.73 bits per heavy atom. The van der Waals surface area contributed by atoms with Gasteiger partial charge in [-0.25, -0.2) is 0 Å². The number of imide groups is 1. The number of amides is 2. The van der Waals surface area contributed by atoms with Crippen molar-refractivity contribution in [2.45, 2.75) is 43.4 Å². The number of methoxy groups -OCH3 is 1. The fourth-order valence-corrected chi connectivity index (χ4v) is 10.5. The van der Waals surface area contributed by atoms with Crippen LogP contribution in [-0.2, 0) is 9.59 Å². The summed E-state index contributed by atoms with van der Waals surface area (Å²) in [4.78, 5) is 45.7. The first-order chi connectivity index (χ1) is 19.3. The van der Waals surface area contributed by atoms with Gasteiger partial charge in [0.2, 0.25) is 11.8 Å². The van der Waals surface area contributed by atoms with Crippen LogP contribution in [0.5, 0.6) is 11.5 Å². The molecule has 7 rings (SSSR count). The number of hydrogen-bond donors (Lipinski definition) is 1. The Morgan fingerprint density at radius 3 is 2.42 bits per heavy atom. The predicted molar refractivity (Wildman–Crippen MR) is 155 cm³/mol. The lowest BCUT2D eigenvalue weighted by Crippen LogP contribution is -2.42. The Morgan fingerprint density at radius 1 is 1.00 bits per heavy atom. The molecule has 2 amide bonds. The molecule has 4 aliphatic rings. The molecule has 2 aromatic carbocycles. The second-order valence-electron chi connectivity index (χ2n) is 11.9. The maximum Gasteiger partial charge on any atom is 0.305 e. The number of hydrogen-bond acceptors (Lipinski definition) is 7. The van der Waals surface area contributed by atoms with E-state index in [4.69, 9.17) is 9.47 Å². The number of anilines is 1. The van der Waals surface area contributed by atoms with Gasteiger partial charge in [0, 0.05) is 16.0 Å². The summed E-state index contributed by atoms with van der Waals surface area (Å²) in [6, 6.07) is 13.7. The summed E-state index contributed by atoms with van der Waals surface area (Å²) in [5.74, 6) is 1.20. The SMILES string of the molecule is COc1cc(C2c3sc(=O)[nH]c3SC3C2[C@H]2C[C@@H]3C3C(=O)N(c4ccc(C)cc4)C(=O)C32)ccc1OCC(C)C. The van der Waals surface area contributed by atoms with Crippen molar-refractivity contribution in [3.05, 3.63) is 68.1 Å². The largest absolute Gasteiger partial charge is 0.493 e. The standard InChI is InChI=1S/C31H32N2O5S2/c1-14(2)13-38-20-10-7-16(11-21(20)37-4)22-23-18-12-19(26(23)39-28-27(22)40-31(36)32-28)25-24(18)29(34)33(30(25)35)17-8-5-15(3)6-9-17/h5-11,14,18-19,22-26H,12-13H2,1-4H3,(H,32,36)/t18-,19-,22?,23?,24?,25?,26?/m1/s1. The van der Waals surface area contributed by atoms with Crippen LogP contribution in [0.4, 0.5) is 5.69 Å². The highest BCUT2D eigenvalue weighted by molar-refractivity contribution is 8.00. The number of aryl methyl sites for hydroxylation is 1. The quantitative estimate of drug-likeness (QED) is 0.392. The van der Waals surface area contributed by atoms with E-state index in [0.29, 0.717) is 29.7 Å². The van der Waals surface area contributed by atoms with E-state index in [2.05, 4.69) is 24.9 Å². The first kappa shape index (κ1) is 25.9. The van der Waals surface area contributed by atoms with Gasteiger partial charge in [0.15, 0.2) is 11.5 Å². The van der Waals surface area contributed by atoms with Gasteiger partial charge in [-0.2, -0.15) is 0 Å². The molecule has 2 aliphatic carbocycles. The third-order valence-corrected chi connectivity index (χ3v) is 11.7. The fraction of sp³-hybridized carbons (Fsp3) is 0.452. The van der Waals surface area contributed by atoms with Crippen molar-refractivity contribution in [2.24, 2.45) is 35.5 Å². The number of aromatic nitrogens is 1. The molecule has 40 heavy (non-hydrogen) atoms. The van der Waals surface area contributed by atoms with Gasteiger partial charge in [0.05, 0.1) is 36.3 Å². The highest BCUT2D eigenvalue weighted by Gasteiger charge is 2.69. The second kappa shape index (κ2) is 9.52. The van der Waals surface area contributed by atoms with E-state index in [1.165, 1.54) is 16.2 Å². The van der Waals surface area contributed by atoms with Crippen LogP contribution in [0.1, 0.15) is 42.2 Å². The monoisotopic (exact) mass is 576 g/mol. The first-order valence-electron chi connectivity index (χ1n) is 13.9. The molecule has 208 valence electrons. The molecule has 0 spiro atoms. The summed E-state index contributed by atoms with van der Waals surface area (Å²) in [5.41, 5.74) is 2.80. The Bertz CT molecular complexity index is 1560. The molecule has 7 nitrogen and oxygen atoms in total. The van der Waals surface area contributed by atoms with E-state index < -0.39 is 0 Å². The molecular formula is C31H32N2O5S2. The predicted octanol–water partition coefficient (Wildman–Crippen LogP) is 5.47. The molecule has 9 heteroatoms. The zero-order chi connectivity index (χ0) is 27.9.